The fourth-order valence-corrected chi connectivity index (χ4v) is 2.80. The van der Waals surface area contributed by atoms with E-state index in [-0.39, 0.29) is 0 Å². The molecule has 1 aliphatic carbocycles. The lowest BCUT2D eigenvalue weighted by molar-refractivity contribution is 0.595. The number of hydrogen-bond acceptors (Lipinski definition) is 2. The molecule has 0 atom stereocenters. The lowest BCUT2D eigenvalue weighted by Gasteiger charge is -2.23. The van der Waals surface area contributed by atoms with Gasteiger partial charge in [-0.25, -0.2) is 0 Å². The molecule has 0 spiro atoms. The van der Waals surface area contributed by atoms with Gasteiger partial charge < -0.3 is 9.32 Å². The van der Waals surface area contributed by atoms with Gasteiger partial charge in [-0.3, -0.25) is 0 Å². The average Bonchev–Trinajstić information content (AvgIpc) is 2.86. The van der Waals surface area contributed by atoms with E-state index in [1.807, 2.05) is 0 Å². The van der Waals surface area contributed by atoms with Crippen LogP contribution in [0.25, 0.3) is 17.0 Å². The van der Waals surface area contributed by atoms with Crippen LogP contribution in [0, 0.1) is 0 Å². The van der Waals surface area contributed by atoms with E-state index in [4.69, 9.17) is 4.42 Å². The molecule has 1 heterocycles. The van der Waals surface area contributed by atoms with Gasteiger partial charge in [0.25, 0.3) is 0 Å². The number of hydrogen-bond donors (Lipinski definition) is 0. The van der Waals surface area contributed by atoms with Gasteiger partial charge in [-0.1, -0.05) is 19.2 Å². The Hall–Kier alpha value is -2.22. The van der Waals surface area contributed by atoms with Crippen molar-refractivity contribution in [3.63, 3.8) is 0 Å². The van der Waals surface area contributed by atoms with E-state index in [1.54, 1.807) is 6.08 Å². The number of allylic oxidation sites excluding steroid dienone is 2. The second-order valence-corrected chi connectivity index (χ2v) is 5.01. The fraction of sp³-hybridized carbons (Fsp3) is 0.222. The minimum absolute atomic E-state index is 0.871. The summed E-state index contributed by atoms with van der Waals surface area (Å²) in [5.41, 5.74) is 4.35. The van der Waals surface area contributed by atoms with E-state index in [9.17, 15) is 0 Å². The number of aryl methyl sites for hydroxylation is 1. The van der Waals surface area contributed by atoms with Crippen LogP contribution in [0.1, 0.15) is 24.7 Å². The van der Waals surface area contributed by atoms with Crippen molar-refractivity contribution in [1.82, 2.24) is 0 Å². The van der Waals surface area contributed by atoms with Gasteiger partial charge in [0.1, 0.15) is 11.3 Å². The Morgan fingerprint density at radius 2 is 2.30 bits per heavy atom. The van der Waals surface area contributed by atoms with E-state index in [2.05, 4.69) is 55.3 Å². The molecule has 1 aromatic heterocycles. The summed E-state index contributed by atoms with van der Waals surface area (Å²) in [6, 6.07) is 6.34. The molecule has 0 fully saturated rings. The molecule has 0 saturated carbocycles. The normalized spacial score (nSPS) is 13.2. The third-order valence-corrected chi connectivity index (χ3v) is 3.85. The lowest BCUT2D eigenvalue weighted by atomic mass is 10.0. The van der Waals surface area contributed by atoms with Gasteiger partial charge in [-0.15, -0.1) is 0 Å². The van der Waals surface area contributed by atoms with Gasteiger partial charge in [0.15, 0.2) is 0 Å². The second-order valence-electron chi connectivity index (χ2n) is 5.01. The van der Waals surface area contributed by atoms with Gasteiger partial charge >= 0.3 is 0 Å². The molecule has 2 nitrogen and oxygen atoms in total. The molecule has 0 unspecified atom stereocenters. The average molecular weight is 265 g/mol. The smallest absolute Gasteiger partial charge is 0.135 e. The molecule has 0 saturated heterocycles. The highest BCUT2D eigenvalue weighted by Gasteiger charge is 2.16. The fourth-order valence-electron chi connectivity index (χ4n) is 2.80. The molecule has 3 rings (SSSR count). The maximum absolute atomic E-state index is 5.90. The molecule has 0 bridgehead atoms. The van der Waals surface area contributed by atoms with Crippen LogP contribution in [0.3, 0.4) is 0 Å². The summed E-state index contributed by atoms with van der Waals surface area (Å²) >= 11 is 0. The number of benzene rings is 1. The monoisotopic (exact) mass is 265 g/mol. The maximum atomic E-state index is 5.90. The molecule has 2 heteroatoms. The van der Waals surface area contributed by atoms with Gasteiger partial charge in [-0.2, -0.15) is 0 Å². The van der Waals surface area contributed by atoms with E-state index in [0.717, 1.165) is 42.1 Å². The van der Waals surface area contributed by atoms with Crippen molar-refractivity contribution in [2.75, 3.05) is 11.4 Å². The Kier molecular flexibility index (Phi) is 3.23. The number of furan rings is 1. The third kappa shape index (κ3) is 1.97. The zero-order valence-electron chi connectivity index (χ0n) is 11.9. The van der Waals surface area contributed by atoms with Crippen LogP contribution in [0.2, 0.25) is 0 Å². The SMILES string of the molecule is C=CC(=C)N(CC)c1ccc2oc3c(c2c1)CCC=C3. The van der Waals surface area contributed by atoms with E-state index < -0.39 is 0 Å². The van der Waals surface area contributed by atoms with Crippen molar-refractivity contribution >= 4 is 22.7 Å². The summed E-state index contributed by atoms with van der Waals surface area (Å²) < 4.78 is 5.90. The summed E-state index contributed by atoms with van der Waals surface area (Å²) in [7, 11) is 0. The summed E-state index contributed by atoms with van der Waals surface area (Å²) in [5, 5.41) is 1.22. The first-order valence-electron chi connectivity index (χ1n) is 7.05. The maximum Gasteiger partial charge on any atom is 0.135 e. The van der Waals surface area contributed by atoms with E-state index >= 15 is 0 Å². The summed E-state index contributed by atoms with van der Waals surface area (Å²) in [5.74, 6) is 1.01. The summed E-state index contributed by atoms with van der Waals surface area (Å²) in [6.07, 6.45) is 8.18. The molecular formula is C18H19NO. The van der Waals surface area contributed by atoms with Crippen LogP contribution >= 0.6 is 0 Å². The minimum atomic E-state index is 0.871. The van der Waals surface area contributed by atoms with Gasteiger partial charge in [0, 0.05) is 28.9 Å². The van der Waals surface area contributed by atoms with E-state index in [0.29, 0.717) is 0 Å². The predicted molar refractivity (Wildman–Crippen MR) is 85.9 cm³/mol. The van der Waals surface area contributed by atoms with E-state index in [1.165, 1.54) is 10.9 Å². The topological polar surface area (TPSA) is 16.4 Å². The largest absolute Gasteiger partial charge is 0.456 e. The van der Waals surface area contributed by atoms with Crippen LogP contribution in [-0.4, -0.2) is 6.54 Å². The van der Waals surface area contributed by atoms with Crippen LogP contribution in [0.5, 0.6) is 0 Å². The minimum Gasteiger partial charge on any atom is -0.456 e. The van der Waals surface area contributed by atoms with Crippen molar-refractivity contribution in [1.29, 1.82) is 0 Å². The number of anilines is 1. The Labute approximate surface area is 119 Å². The molecule has 1 aliphatic rings. The van der Waals surface area contributed by atoms with Gasteiger partial charge in [-0.05, 0) is 50.1 Å². The quantitative estimate of drug-likeness (QED) is 0.730. The van der Waals surface area contributed by atoms with Crippen LogP contribution in [0.4, 0.5) is 5.69 Å². The van der Waals surface area contributed by atoms with Crippen molar-refractivity contribution in [2.45, 2.75) is 19.8 Å². The first kappa shape index (κ1) is 12.8. The van der Waals surface area contributed by atoms with Crippen molar-refractivity contribution < 1.29 is 4.42 Å². The standard InChI is InChI=1S/C18H19NO/c1-4-13(3)19(5-2)14-10-11-18-16(12-14)15-8-6-7-9-17(15)20-18/h4,7,9-12H,1,3,5-6,8H2,2H3. The van der Waals surface area contributed by atoms with Gasteiger partial charge in [0.2, 0.25) is 0 Å². The zero-order valence-corrected chi connectivity index (χ0v) is 11.9. The molecule has 0 N–H and O–H groups in total. The van der Waals surface area contributed by atoms with Crippen molar-refractivity contribution in [2.24, 2.45) is 0 Å². The molecule has 20 heavy (non-hydrogen) atoms. The van der Waals surface area contributed by atoms with Crippen LogP contribution in [-0.2, 0) is 6.42 Å². The summed E-state index contributed by atoms with van der Waals surface area (Å²) in [6.45, 7) is 10.8. The van der Waals surface area contributed by atoms with Crippen molar-refractivity contribution in [3.8, 4) is 0 Å². The Morgan fingerprint density at radius 1 is 1.45 bits per heavy atom. The Morgan fingerprint density at radius 3 is 3.05 bits per heavy atom. The molecular weight excluding hydrogens is 246 g/mol. The predicted octanol–water partition coefficient (Wildman–Crippen LogP) is 4.92. The summed E-state index contributed by atoms with van der Waals surface area (Å²) in [4.78, 5) is 2.16. The number of fused-ring (bicyclic) bond motifs is 3. The molecule has 0 aliphatic heterocycles. The van der Waals surface area contributed by atoms with Gasteiger partial charge in [0.05, 0.1) is 0 Å². The Bertz CT molecular complexity index is 706. The molecule has 102 valence electrons. The highest BCUT2D eigenvalue weighted by molar-refractivity contribution is 5.88. The molecule has 2 aromatic rings. The number of rotatable bonds is 4. The number of nitrogens with zero attached hydrogens (tertiary/aromatic N) is 1. The lowest BCUT2D eigenvalue weighted by Crippen LogP contribution is -2.19. The molecule has 1 aromatic carbocycles. The first-order valence-corrected chi connectivity index (χ1v) is 7.05. The van der Waals surface area contributed by atoms with Crippen molar-refractivity contribution in [3.05, 3.63) is 60.5 Å². The molecule has 0 amide bonds. The number of likely N-dealkylation sites (N-methyl/N-ethyl adjacent to an activating group) is 1. The first-order chi connectivity index (χ1) is 9.74. The third-order valence-electron chi connectivity index (χ3n) is 3.85. The highest BCUT2D eigenvalue weighted by atomic mass is 16.3. The van der Waals surface area contributed by atoms with Crippen LogP contribution < -0.4 is 4.90 Å². The highest BCUT2D eigenvalue weighted by Crippen LogP contribution is 2.34. The zero-order chi connectivity index (χ0) is 14.1. The molecule has 0 radical (unpaired) electrons. The van der Waals surface area contributed by atoms with Crippen LogP contribution in [0.15, 0.2) is 53.6 Å². The second kappa shape index (κ2) is 5.04. The Balaban J connectivity index is 2.12.